The molecule has 0 bridgehead atoms. The summed E-state index contributed by atoms with van der Waals surface area (Å²) in [6, 6.07) is 22.6. The Labute approximate surface area is 242 Å². The van der Waals surface area contributed by atoms with E-state index in [-0.39, 0.29) is 0 Å². The predicted octanol–water partition coefficient (Wildman–Crippen LogP) is 8.03. The third-order valence-corrected chi connectivity index (χ3v) is 7.84. The van der Waals surface area contributed by atoms with Crippen LogP contribution < -0.4 is 9.47 Å². The lowest BCUT2D eigenvalue weighted by atomic mass is 9.94. The van der Waals surface area contributed by atoms with Gasteiger partial charge in [-0.2, -0.15) is 5.26 Å². The minimum Gasteiger partial charge on any atom is -0.488 e. The number of benzene rings is 3. The molecule has 0 atom stereocenters. The molecule has 0 aliphatic carbocycles. The van der Waals surface area contributed by atoms with Crippen LogP contribution in [0.1, 0.15) is 52.6 Å². The van der Waals surface area contributed by atoms with Crippen molar-refractivity contribution in [2.24, 2.45) is 0 Å². The number of likely N-dealkylation sites (tertiary alicyclic amines) is 1. The summed E-state index contributed by atoms with van der Waals surface area (Å²) < 4.78 is 12.6. The van der Waals surface area contributed by atoms with Gasteiger partial charge in [0.05, 0.1) is 10.6 Å². The molecule has 2 heterocycles. The molecule has 0 amide bonds. The molecule has 5 nitrogen and oxygen atoms in total. The van der Waals surface area contributed by atoms with E-state index >= 15 is 0 Å². The third-order valence-electron chi connectivity index (χ3n) is 7.54. The molecule has 3 aromatic carbocycles. The van der Waals surface area contributed by atoms with Gasteiger partial charge in [0, 0.05) is 36.1 Å². The van der Waals surface area contributed by atoms with Crippen LogP contribution in [0.15, 0.2) is 73.1 Å². The summed E-state index contributed by atoms with van der Waals surface area (Å²) in [7, 11) is 0. The van der Waals surface area contributed by atoms with Gasteiger partial charge in [0.2, 0.25) is 0 Å². The first-order valence-electron chi connectivity index (χ1n) is 13.8. The summed E-state index contributed by atoms with van der Waals surface area (Å²) in [6.07, 6.45) is 6.97. The number of aryl methyl sites for hydroxylation is 1. The molecule has 1 aliphatic heterocycles. The lowest BCUT2D eigenvalue weighted by Crippen LogP contribution is -2.29. The molecule has 1 aliphatic rings. The third kappa shape index (κ3) is 6.65. The van der Waals surface area contributed by atoms with Gasteiger partial charge < -0.3 is 9.47 Å². The fourth-order valence-corrected chi connectivity index (χ4v) is 5.49. The van der Waals surface area contributed by atoms with Crippen molar-refractivity contribution in [1.82, 2.24) is 9.88 Å². The largest absolute Gasteiger partial charge is 0.488 e. The molecular weight excluding hydrogens is 518 g/mol. The SMILES string of the molecule is Cc1ccccc1-c1cccc(COc2cc(OCc3cncc(C#N)c3)c(CN3CCCCC3)cc2Cl)c1C. The molecule has 0 unspecified atom stereocenters. The number of aromatic nitrogens is 1. The van der Waals surface area contributed by atoms with E-state index in [1.165, 1.54) is 41.5 Å². The summed E-state index contributed by atoms with van der Waals surface area (Å²) in [5, 5.41) is 9.81. The summed E-state index contributed by atoms with van der Waals surface area (Å²) in [4.78, 5) is 6.61. The van der Waals surface area contributed by atoms with Crippen LogP contribution in [0, 0.1) is 25.2 Å². The number of nitrogens with zero attached hydrogens (tertiary/aromatic N) is 3. The molecule has 0 radical (unpaired) electrons. The van der Waals surface area contributed by atoms with Crippen molar-refractivity contribution in [3.63, 3.8) is 0 Å². The van der Waals surface area contributed by atoms with Crippen LogP contribution >= 0.6 is 11.6 Å². The Bertz CT molecular complexity index is 1520. The van der Waals surface area contributed by atoms with Crippen molar-refractivity contribution < 1.29 is 9.47 Å². The fourth-order valence-electron chi connectivity index (χ4n) is 5.25. The van der Waals surface area contributed by atoms with Crippen molar-refractivity contribution in [3.8, 4) is 28.7 Å². The quantitative estimate of drug-likeness (QED) is 0.211. The lowest BCUT2D eigenvalue weighted by Gasteiger charge is -2.27. The summed E-state index contributed by atoms with van der Waals surface area (Å²) in [5.41, 5.74) is 8.36. The highest BCUT2D eigenvalue weighted by Crippen LogP contribution is 2.36. The molecule has 40 heavy (non-hydrogen) atoms. The van der Waals surface area contributed by atoms with E-state index in [2.05, 4.69) is 72.3 Å². The zero-order chi connectivity index (χ0) is 27.9. The summed E-state index contributed by atoms with van der Waals surface area (Å²) in [6.45, 7) is 7.88. The van der Waals surface area contributed by atoms with E-state index in [9.17, 15) is 5.26 Å². The molecule has 0 N–H and O–H groups in total. The molecule has 5 rings (SSSR count). The fraction of sp³-hybridized carbons (Fsp3) is 0.294. The monoisotopic (exact) mass is 551 g/mol. The van der Waals surface area contributed by atoms with Gasteiger partial charge in [0.15, 0.2) is 0 Å². The van der Waals surface area contributed by atoms with Gasteiger partial charge in [-0.15, -0.1) is 0 Å². The van der Waals surface area contributed by atoms with Crippen LogP contribution in [-0.4, -0.2) is 23.0 Å². The molecule has 4 aromatic rings. The number of hydrogen-bond acceptors (Lipinski definition) is 5. The first-order valence-corrected chi connectivity index (χ1v) is 14.2. The van der Waals surface area contributed by atoms with Gasteiger partial charge in [0.25, 0.3) is 0 Å². The van der Waals surface area contributed by atoms with Crippen LogP contribution in [0.3, 0.4) is 0 Å². The average Bonchev–Trinajstić information content (AvgIpc) is 2.98. The number of halogens is 1. The molecule has 0 spiro atoms. The number of pyridine rings is 1. The maximum absolute atomic E-state index is 9.24. The van der Waals surface area contributed by atoms with Crippen LogP contribution in [0.4, 0.5) is 0 Å². The predicted molar refractivity (Wildman–Crippen MR) is 160 cm³/mol. The van der Waals surface area contributed by atoms with E-state index in [0.717, 1.165) is 42.1 Å². The molecule has 204 valence electrons. The van der Waals surface area contributed by atoms with Crippen LogP contribution in [0.2, 0.25) is 5.02 Å². The lowest BCUT2D eigenvalue weighted by molar-refractivity contribution is 0.214. The van der Waals surface area contributed by atoms with E-state index in [0.29, 0.717) is 29.5 Å². The minimum absolute atomic E-state index is 0.300. The zero-order valence-corrected chi connectivity index (χ0v) is 23.9. The number of rotatable bonds is 9. The smallest absolute Gasteiger partial charge is 0.142 e. The highest BCUT2D eigenvalue weighted by Gasteiger charge is 2.17. The first-order chi connectivity index (χ1) is 19.5. The van der Waals surface area contributed by atoms with Gasteiger partial charge >= 0.3 is 0 Å². The van der Waals surface area contributed by atoms with Gasteiger partial charge in [-0.05, 0) is 79.7 Å². The van der Waals surface area contributed by atoms with Gasteiger partial charge in [-0.3, -0.25) is 9.88 Å². The van der Waals surface area contributed by atoms with Crippen LogP contribution in [-0.2, 0) is 19.8 Å². The standard InChI is InChI=1S/C34H34ClN3O2/c1-24-9-4-5-11-30(24)31-12-8-10-28(25(31)2)23-40-34-17-33(39-22-27-15-26(18-36)19-37-20-27)29(16-32(34)35)21-38-13-6-3-7-14-38/h4-5,8-12,15-17,19-20H,3,6-7,13-14,21-23H2,1-2H3. The topological polar surface area (TPSA) is 58.4 Å². The van der Waals surface area contributed by atoms with Gasteiger partial charge in [0.1, 0.15) is 30.8 Å². The normalized spacial score (nSPS) is 13.6. The van der Waals surface area contributed by atoms with Crippen molar-refractivity contribution in [2.75, 3.05) is 13.1 Å². The van der Waals surface area contributed by atoms with E-state index in [1.807, 2.05) is 12.1 Å². The van der Waals surface area contributed by atoms with Crippen LogP contribution in [0.5, 0.6) is 11.5 Å². The Morgan fingerprint density at radius 3 is 2.42 bits per heavy atom. The number of hydrogen-bond donors (Lipinski definition) is 0. The second-order valence-corrected chi connectivity index (χ2v) is 10.8. The van der Waals surface area contributed by atoms with E-state index in [1.54, 1.807) is 18.5 Å². The maximum Gasteiger partial charge on any atom is 0.142 e. The maximum atomic E-state index is 9.24. The molecule has 0 saturated carbocycles. The highest BCUT2D eigenvalue weighted by molar-refractivity contribution is 6.32. The molecule has 1 saturated heterocycles. The Kier molecular flexibility index (Phi) is 9.01. The molecule has 6 heteroatoms. The molecule has 1 aromatic heterocycles. The van der Waals surface area contributed by atoms with Crippen molar-refractivity contribution >= 4 is 11.6 Å². The number of nitriles is 1. The Morgan fingerprint density at radius 1 is 0.850 bits per heavy atom. The minimum atomic E-state index is 0.300. The Balaban J connectivity index is 1.39. The Hall–Kier alpha value is -3.85. The zero-order valence-electron chi connectivity index (χ0n) is 23.1. The summed E-state index contributed by atoms with van der Waals surface area (Å²) >= 11 is 6.78. The number of ether oxygens (including phenoxy) is 2. The summed E-state index contributed by atoms with van der Waals surface area (Å²) in [5.74, 6) is 1.32. The van der Waals surface area contributed by atoms with Gasteiger partial charge in [-0.1, -0.05) is 60.5 Å². The molecule has 1 fully saturated rings. The van der Waals surface area contributed by atoms with Crippen molar-refractivity contribution in [2.45, 2.75) is 52.9 Å². The van der Waals surface area contributed by atoms with Crippen molar-refractivity contribution in [1.29, 1.82) is 5.26 Å². The first kappa shape index (κ1) is 27.7. The second kappa shape index (κ2) is 13.0. The van der Waals surface area contributed by atoms with E-state index < -0.39 is 0 Å². The van der Waals surface area contributed by atoms with Gasteiger partial charge in [-0.25, -0.2) is 0 Å². The Morgan fingerprint density at radius 2 is 1.62 bits per heavy atom. The highest BCUT2D eigenvalue weighted by atomic mass is 35.5. The number of piperidine rings is 1. The van der Waals surface area contributed by atoms with Crippen LogP contribution in [0.25, 0.3) is 11.1 Å². The molecular formula is C34H34ClN3O2. The average molecular weight is 552 g/mol. The second-order valence-electron chi connectivity index (χ2n) is 10.4. The van der Waals surface area contributed by atoms with Crippen molar-refractivity contribution in [3.05, 3.63) is 111 Å². The van der Waals surface area contributed by atoms with E-state index in [4.69, 9.17) is 21.1 Å².